The number of hydrogen-bond donors (Lipinski definition) is 1. The number of thiocarbonyl (C=S) groups is 1. The molecule has 1 aliphatic rings. The smallest absolute Gasteiger partial charge is 0.409 e. The van der Waals surface area contributed by atoms with Crippen molar-refractivity contribution in [2.24, 2.45) is 0 Å². The van der Waals surface area contributed by atoms with Crippen LogP contribution >= 0.6 is 12.2 Å². The topological polar surface area (TPSA) is 71.1 Å². The number of benzene rings is 1. The van der Waals surface area contributed by atoms with Crippen LogP contribution in [-0.4, -0.2) is 66.8 Å². The number of carbonyl (C=O) groups excluding carboxylic acids is 2. The number of carbonyl (C=O) groups is 2. The van der Waals surface area contributed by atoms with Crippen LogP contribution in [0.5, 0.6) is 5.75 Å². The molecule has 8 heteroatoms. The quantitative estimate of drug-likeness (QED) is 0.832. The molecule has 1 heterocycles. The Kier molecular flexibility index (Phi) is 6.36. The van der Waals surface area contributed by atoms with E-state index in [0.29, 0.717) is 49.2 Å². The average Bonchev–Trinajstić information content (AvgIpc) is 2.62. The minimum atomic E-state index is -0.315. The van der Waals surface area contributed by atoms with E-state index in [1.807, 2.05) is 4.90 Å². The highest BCUT2D eigenvalue weighted by Gasteiger charge is 2.24. The highest BCUT2D eigenvalue weighted by molar-refractivity contribution is 7.80. The van der Waals surface area contributed by atoms with Gasteiger partial charge in [0.1, 0.15) is 5.75 Å². The lowest BCUT2D eigenvalue weighted by atomic mass is 10.2. The second kappa shape index (κ2) is 8.49. The normalized spacial score (nSPS) is 14.1. The van der Waals surface area contributed by atoms with Gasteiger partial charge in [0.05, 0.1) is 13.7 Å². The van der Waals surface area contributed by atoms with Gasteiger partial charge in [-0.2, -0.15) is 0 Å². The molecule has 0 aromatic heterocycles. The molecule has 0 unspecified atom stereocenters. The van der Waals surface area contributed by atoms with Crippen molar-refractivity contribution >= 4 is 29.3 Å². The van der Waals surface area contributed by atoms with Gasteiger partial charge in [-0.05, 0) is 43.4 Å². The predicted octanol–water partition coefficient (Wildman–Crippen LogP) is 1.48. The molecule has 24 heavy (non-hydrogen) atoms. The van der Waals surface area contributed by atoms with Crippen LogP contribution in [0.1, 0.15) is 17.3 Å². The molecule has 0 bridgehead atoms. The van der Waals surface area contributed by atoms with Crippen LogP contribution in [0.2, 0.25) is 0 Å². The maximum atomic E-state index is 12.2. The van der Waals surface area contributed by atoms with Crippen molar-refractivity contribution in [3.05, 3.63) is 29.8 Å². The molecular weight excluding hydrogens is 330 g/mol. The van der Waals surface area contributed by atoms with Crippen molar-refractivity contribution in [1.82, 2.24) is 15.1 Å². The van der Waals surface area contributed by atoms with E-state index >= 15 is 0 Å². The third kappa shape index (κ3) is 4.58. The molecule has 2 amide bonds. The molecule has 1 saturated heterocycles. The Balaban J connectivity index is 1.84. The lowest BCUT2D eigenvalue weighted by molar-refractivity contribution is 0.0897. The van der Waals surface area contributed by atoms with E-state index in [2.05, 4.69) is 5.32 Å². The third-order valence-corrected chi connectivity index (χ3v) is 4.03. The van der Waals surface area contributed by atoms with Gasteiger partial charge in [0, 0.05) is 31.7 Å². The Hall–Kier alpha value is -2.35. The van der Waals surface area contributed by atoms with E-state index in [9.17, 15) is 9.59 Å². The van der Waals surface area contributed by atoms with Gasteiger partial charge < -0.3 is 19.3 Å². The van der Waals surface area contributed by atoms with E-state index in [0.717, 1.165) is 0 Å². The van der Waals surface area contributed by atoms with Crippen molar-refractivity contribution in [2.45, 2.75) is 6.92 Å². The number of nitrogens with zero attached hydrogens (tertiary/aromatic N) is 2. The standard InChI is InChI=1S/C16H21N3O4S/c1-3-23-16(21)19-10-8-18(9-11-19)15(24)17-14(20)12-4-6-13(22-2)7-5-12/h4-7H,3,8-11H2,1-2H3,(H,17,20,24). The van der Waals surface area contributed by atoms with Gasteiger partial charge in [-0.1, -0.05) is 0 Å². The van der Waals surface area contributed by atoms with Crippen molar-refractivity contribution in [2.75, 3.05) is 39.9 Å². The molecule has 0 radical (unpaired) electrons. The molecule has 1 aromatic carbocycles. The van der Waals surface area contributed by atoms with Crippen LogP contribution in [0.15, 0.2) is 24.3 Å². The molecule has 2 rings (SSSR count). The van der Waals surface area contributed by atoms with Crippen molar-refractivity contribution < 1.29 is 19.1 Å². The summed E-state index contributed by atoms with van der Waals surface area (Å²) in [6, 6.07) is 6.79. The van der Waals surface area contributed by atoms with Gasteiger partial charge in [-0.15, -0.1) is 0 Å². The number of rotatable bonds is 3. The lowest BCUT2D eigenvalue weighted by Gasteiger charge is -2.35. The number of methoxy groups -OCH3 is 1. The first-order valence-electron chi connectivity index (χ1n) is 7.71. The van der Waals surface area contributed by atoms with Crippen LogP contribution in [0.3, 0.4) is 0 Å². The largest absolute Gasteiger partial charge is 0.497 e. The summed E-state index contributed by atoms with van der Waals surface area (Å²) in [5, 5.41) is 3.08. The van der Waals surface area contributed by atoms with E-state index in [1.54, 1.807) is 43.2 Å². The Bertz CT molecular complexity index is 598. The van der Waals surface area contributed by atoms with Crippen LogP contribution in [0.4, 0.5) is 4.79 Å². The third-order valence-electron chi connectivity index (χ3n) is 3.67. The fourth-order valence-corrected chi connectivity index (χ4v) is 2.57. The first-order chi connectivity index (χ1) is 11.5. The maximum Gasteiger partial charge on any atom is 0.409 e. The number of hydrogen-bond acceptors (Lipinski definition) is 5. The minimum Gasteiger partial charge on any atom is -0.497 e. The zero-order valence-electron chi connectivity index (χ0n) is 13.8. The molecule has 1 fully saturated rings. The van der Waals surface area contributed by atoms with Crippen molar-refractivity contribution in [3.8, 4) is 5.75 Å². The number of ether oxygens (including phenoxy) is 2. The van der Waals surface area contributed by atoms with Gasteiger partial charge in [-0.3, -0.25) is 10.1 Å². The number of amides is 2. The summed E-state index contributed by atoms with van der Waals surface area (Å²) in [5.74, 6) is 0.416. The van der Waals surface area contributed by atoms with E-state index < -0.39 is 0 Å². The molecule has 0 atom stereocenters. The lowest BCUT2D eigenvalue weighted by Crippen LogP contribution is -2.54. The zero-order valence-corrected chi connectivity index (χ0v) is 14.6. The molecule has 1 aliphatic heterocycles. The van der Waals surface area contributed by atoms with Crippen molar-refractivity contribution in [1.29, 1.82) is 0 Å². The summed E-state index contributed by atoms with van der Waals surface area (Å²) in [5.41, 5.74) is 0.503. The summed E-state index contributed by atoms with van der Waals surface area (Å²) in [6.07, 6.45) is -0.315. The fraction of sp³-hybridized carbons (Fsp3) is 0.438. The predicted molar refractivity (Wildman–Crippen MR) is 93.2 cm³/mol. The summed E-state index contributed by atoms with van der Waals surface area (Å²) >= 11 is 5.29. The van der Waals surface area contributed by atoms with Gasteiger partial charge in [0.15, 0.2) is 5.11 Å². The molecule has 1 N–H and O–H groups in total. The summed E-state index contributed by atoms with van der Waals surface area (Å²) in [4.78, 5) is 27.4. The van der Waals surface area contributed by atoms with Crippen LogP contribution in [0, 0.1) is 0 Å². The molecule has 1 aromatic rings. The maximum absolute atomic E-state index is 12.2. The Morgan fingerprint density at radius 1 is 1.12 bits per heavy atom. The Labute approximate surface area is 146 Å². The van der Waals surface area contributed by atoms with Crippen LogP contribution in [0.25, 0.3) is 0 Å². The zero-order chi connectivity index (χ0) is 17.5. The molecule has 0 aliphatic carbocycles. The number of piperazine rings is 1. The summed E-state index contributed by atoms with van der Waals surface area (Å²) < 4.78 is 10.0. The van der Waals surface area contributed by atoms with Gasteiger partial charge in [0.2, 0.25) is 0 Å². The first kappa shape index (κ1) is 18.0. The highest BCUT2D eigenvalue weighted by Crippen LogP contribution is 2.11. The monoisotopic (exact) mass is 351 g/mol. The fourth-order valence-electron chi connectivity index (χ4n) is 2.30. The Morgan fingerprint density at radius 3 is 2.25 bits per heavy atom. The van der Waals surface area contributed by atoms with Gasteiger partial charge in [0.25, 0.3) is 5.91 Å². The van der Waals surface area contributed by atoms with Crippen molar-refractivity contribution in [3.63, 3.8) is 0 Å². The molecule has 0 spiro atoms. The number of nitrogens with one attached hydrogen (secondary N) is 1. The van der Waals surface area contributed by atoms with E-state index in [1.165, 1.54) is 0 Å². The second-order valence-corrected chi connectivity index (χ2v) is 5.55. The summed E-state index contributed by atoms with van der Waals surface area (Å²) in [7, 11) is 1.57. The van der Waals surface area contributed by atoms with Gasteiger partial charge in [-0.25, -0.2) is 4.79 Å². The molecule has 0 saturated carbocycles. The Morgan fingerprint density at radius 2 is 1.71 bits per heavy atom. The summed E-state index contributed by atoms with van der Waals surface area (Å²) in [6.45, 7) is 4.27. The van der Waals surface area contributed by atoms with Crippen LogP contribution in [-0.2, 0) is 4.74 Å². The first-order valence-corrected chi connectivity index (χ1v) is 8.12. The minimum absolute atomic E-state index is 0.268. The molecular formula is C16H21N3O4S. The van der Waals surface area contributed by atoms with E-state index in [4.69, 9.17) is 21.7 Å². The van der Waals surface area contributed by atoms with Crippen LogP contribution < -0.4 is 10.1 Å². The highest BCUT2D eigenvalue weighted by atomic mass is 32.1. The van der Waals surface area contributed by atoms with Gasteiger partial charge >= 0.3 is 6.09 Å². The SMILES string of the molecule is CCOC(=O)N1CCN(C(=S)NC(=O)c2ccc(OC)cc2)CC1. The second-order valence-electron chi connectivity index (χ2n) is 5.16. The van der Waals surface area contributed by atoms with E-state index in [-0.39, 0.29) is 12.0 Å². The molecule has 130 valence electrons. The average molecular weight is 351 g/mol. The molecule has 7 nitrogen and oxygen atoms in total.